The van der Waals surface area contributed by atoms with E-state index in [1.54, 1.807) is 37.4 Å². The van der Waals surface area contributed by atoms with Crippen LogP contribution in [-0.4, -0.2) is 16.2 Å². The SMILES string of the molecule is C=CCc1ccc(-c2ccc(-c3ccc(/C=C/CCCC(C)O)cc3)cn2)c(F)c1F. The van der Waals surface area contributed by atoms with E-state index in [2.05, 4.69) is 23.7 Å². The summed E-state index contributed by atoms with van der Waals surface area (Å²) in [6.45, 7) is 5.37. The summed E-state index contributed by atoms with van der Waals surface area (Å²) in [5.41, 5.74) is 3.82. The van der Waals surface area contributed by atoms with Crippen molar-refractivity contribution in [2.24, 2.45) is 0 Å². The van der Waals surface area contributed by atoms with Crippen molar-refractivity contribution in [2.45, 2.75) is 38.7 Å². The number of rotatable bonds is 9. The van der Waals surface area contributed by atoms with Crippen LogP contribution in [0.5, 0.6) is 0 Å². The summed E-state index contributed by atoms with van der Waals surface area (Å²) in [5.74, 6) is -1.73. The Morgan fingerprint density at radius 3 is 2.39 bits per heavy atom. The number of benzene rings is 2. The lowest BCUT2D eigenvalue weighted by atomic mass is 10.0. The van der Waals surface area contributed by atoms with Gasteiger partial charge in [-0.1, -0.05) is 54.6 Å². The molecule has 0 bridgehead atoms. The molecule has 0 aliphatic carbocycles. The van der Waals surface area contributed by atoms with Crippen LogP contribution in [0.25, 0.3) is 28.5 Å². The molecule has 0 aliphatic rings. The maximum absolute atomic E-state index is 14.5. The van der Waals surface area contributed by atoms with E-state index < -0.39 is 11.6 Å². The minimum atomic E-state index is -0.885. The molecule has 1 atom stereocenters. The molecule has 1 heterocycles. The second-order valence-electron chi connectivity index (χ2n) is 7.63. The molecule has 0 saturated carbocycles. The van der Waals surface area contributed by atoms with E-state index in [1.807, 2.05) is 30.3 Å². The summed E-state index contributed by atoms with van der Waals surface area (Å²) < 4.78 is 28.7. The van der Waals surface area contributed by atoms with E-state index in [1.165, 1.54) is 0 Å². The van der Waals surface area contributed by atoms with Crippen LogP contribution in [0.4, 0.5) is 8.78 Å². The Morgan fingerprint density at radius 1 is 1.00 bits per heavy atom. The van der Waals surface area contributed by atoms with E-state index in [4.69, 9.17) is 0 Å². The van der Waals surface area contributed by atoms with Crippen LogP contribution in [0.15, 0.2) is 73.5 Å². The van der Waals surface area contributed by atoms with Gasteiger partial charge in [0.2, 0.25) is 0 Å². The Labute approximate surface area is 182 Å². The van der Waals surface area contributed by atoms with Crippen molar-refractivity contribution in [1.82, 2.24) is 4.98 Å². The van der Waals surface area contributed by atoms with Crippen LogP contribution < -0.4 is 0 Å². The zero-order valence-electron chi connectivity index (χ0n) is 17.7. The van der Waals surface area contributed by atoms with E-state index in [0.717, 1.165) is 36.0 Å². The van der Waals surface area contributed by atoms with Gasteiger partial charge >= 0.3 is 0 Å². The molecule has 1 unspecified atom stereocenters. The van der Waals surface area contributed by atoms with E-state index in [-0.39, 0.29) is 23.7 Å². The van der Waals surface area contributed by atoms with E-state index >= 15 is 0 Å². The first-order valence-electron chi connectivity index (χ1n) is 10.5. The molecule has 2 nitrogen and oxygen atoms in total. The first kappa shape index (κ1) is 22.6. The second kappa shape index (κ2) is 10.8. The Balaban J connectivity index is 1.70. The number of allylic oxidation sites excluding steroid dienone is 2. The van der Waals surface area contributed by atoms with Crippen molar-refractivity contribution < 1.29 is 13.9 Å². The highest BCUT2D eigenvalue weighted by atomic mass is 19.2. The van der Waals surface area contributed by atoms with Gasteiger partial charge in [0.05, 0.1) is 11.8 Å². The second-order valence-corrected chi connectivity index (χ2v) is 7.63. The van der Waals surface area contributed by atoms with Crippen molar-refractivity contribution in [2.75, 3.05) is 0 Å². The number of hydrogen-bond acceptors (Lipinski definition) is 2. The molecule has 3 rings (SSSR count). The van der Waals surface area contributed by atoms with Crippen molar-refractivity contribution in [1.29, 1.82) is 0 Å². The standard InChI is InChI=1S/C27H27F2NO/c1-3-7-22-14-16-24(27(29)26(22)28)25-17-15-23(18-30-25)21-12-10-20(11-13-21)9-6-4-5-8-19(2)31/h3,6,9-19,31H,1,4-5,7-8H2,2H3/b9-6+. The monoisotopic (exact) mass is 419 g/mol. The van der Waals surface area contributed by atoms with Crippen molar-refractivity contribution in [3.63, 3.8) is 0 Å². The lowest BCUT2D eigenvalue weighted by Crippen LogP contribution is -1.97. The smallest absolute Gasteiger partial charge is 0.168 e. The maximum Gasteiger partial charge on any atom is 0.168 e. The molecule has 1 N–H and O–H groups in total. The molecule has 160 valence electrons. The lowest BCUT2D eigenvalue weighted by Gasteiger charge is -2.08. The topological polar surface area (TPSA) is 33.1 Å². The molecule has 0 amide bonds. The third-order valence-corrected chi connectivity index (χ3v) is 5.11. The Morgan fingerprint density at radius 2 is 1.74 bits per heavy atom. The number of hydrogen-bond donors (Lipinski definition) is 1. The molecule has 0 saturated heterocycles. The minimum Gasteiger partial charge on any atom is -0.393 e. The number of aliphatic hydroxyl groups excluding tert-OH is 1. The highest BCUT2D eigenvalue weighted by Crippen LogP contribution is 2.27. The molecule has 0 fully saturated rings. The first-order chi connectivity index (χ1) is 15.0. The molecule has 2 aromatic carbocycles. The minimum absolute atomic E-state index is 0.146. The van der Waals surface area contributed by atoms with Gasteiger partial charge in [-0.15, -0.1) is 6.58 Å². The normalized spacial score (nSPS) is 12.3. The van der Waals surface area contributed by atoms with Gasteiger partial charge in [-0.25, -0.2) is 8.78 Å². The van der Waals surface area contributed by atoms with Crippen LogP contribution in [0.2, 0.25) is 0 Å². The zero-order valence-corrected chi connectivity index (χ0v) is 17.7. The molecule has 4 heteroatoms. The predicted octanol–water partition coefficient (Wildman–Crippen LogP) is 6.99. The molecule has 31 heavy (non-hydrogen) atoms. The third kappa shape index (κ3) is 5.96. The number of nitrogens with zero attached hydrogens (tertiary/aromatic N) is 1. The number of pyridine rings is 1. The fourth-order valence-corrected chi connectivity index (χ4v) is 3.36. The van der Waals surface area contributed by atoms with Crippen LogP contribution in [-0.2, 0) is 6.42 Å². The molecule has 3 aromatic rings. The molecular weight excluding hydrogens is 392 g/mol. The molecule has 1 aromatic heterocycles. The Hall–Kier alpha value is -3.11. The summed E-state index contributed by atoms with van der Waals surface area (Å²) in [4.78, 5) is 4.35. The van der Waals surface area contributed by atoms with Crippen LogP contribution >= 0.6 is 0 Å². The Bertz CT molecular complexity index is 1040. The largest absolute Gasteiger partial charge is 0.393 e. The van der Waals surface area contributed by atoms with Gasteiger partial charge in [0.15, 0.2) is 11.6 Å². The van der Waals surface area contributed by atoms with Crippen molar-refractivity contribution in [3.05, 3.63) is 96.2 Å². The van der Waals surface area contributed by atoms with E-state index in [9.17, 15) is 13.9 Å². The average Bonchev–Trinajstić information content (AvgIpc) is 2.77. The Kier molecular flexibility index (Phi) is 7.85. The van der Waals surface area contributed by atoms with Gasteiger partial charge in [0.25, 0.3) is 0 Å². The summed E-state index contributed by atoms with van der Waals surface area (Å²) in [6.07, 6.45) is 10.1. The molecule has 0 radical (unpaired) electrons. The van der Waals surface area contributed by atoms with Gasteiger partial charge < -0.3 is 5.11 Å². The van der Waals surface area contributed by atoms with Crippen LogP contribution in [0.1, 0.15) is 37.3 Å². The van der Waals surface area contributed by atoms with Gasteiger partial charge in [-0.05, 0) is 61.4 Å². The quantitative estimate of drug-likeness (QED) is 0.300. The number of aliphatic hydroxyl groups is 1. The maximum atomic E-state index is 14.5. The highest BCUT2D eigenvalue weighted by molar-refractivity contribution is 5.68. The number of unbranched alkanes of at least 4 members (excludes halogenated alkanes) is 1. The van der Waals surface area contributed by atoms with Gasteiger partial charge in [0.1, 0.15) is 0 Å². The van der Waals surface area contributed by atoms with Crippen LogP contribution in [0.3, 0.4) is 0 Å². The van der Waals surface area contributed by atoms with Gasteiger partial charge in [-0.3, -0.25) is 4.98 Å². The van der Waals surface area contributed by atoms with Gasteiger partial charge in [0, 0.05) is 17.3 Å². The molecular formula is C27H27F2NO. The highest BCUT2D eigenvalue weighted by Gasteiger charge is 2.15. The average molecular weight is 420 g/mol. The van der Waals surface area contributed by atoms with Gasteiger partial charge in [-0.2, -0.15) is 0 Å². The first-order valence-corrected chi connectivity index (χ1v) is 10.5. The van der Waals surface area contributed by atoms with Crippen LogP contribution in [0, 0.1) is 11.6 Å². The third-order valence-electron chi connectivity index (χ3n) is 5.11. The molecule has 0 spiro atoms. The summed E-state index contributed by atoms with van der Waals surface area (Å²) in [7, 11) is 0. The summed E-state index contributed by atoms with van der Waals surface area (Å²) >= 11 is 0. The zero-order chi connectivity index (χ0) is 22.2. The predicted molar refractivity (Wildman–Crippen MR) is 123 cm³/mol. The summed E-state index contributed by atoms with van der Waals surface area (Å²) in [5, 5.41) is 9.28. The number of halogens is 2. The summed E-state index contributed by atoms with van der Waals surface area (Å²) in [6, 6.07) is 14.8. The van der Waals surface area contributed by atoms with Crippen molar-refractivity contribution >= 4 is 6.08 Å². The van der Waals surface area contributed by atoms with Crippen molar-refractivity contribution in [3.8, 4) is 22.4 Å². The number of aromatic nitrogens is 1. The lowest BCUT2D eigenvalue weighted by molar-refractivity contribution is 0.182. The van der Waals surface area contributed by atoms with E-state index in [0.29, 0.717) is 5.69 Å². The fraction of sp³-hybridized carbons (Fsp3) is 0.222. The molecule has 0 aliphatic heterocycles. The fourth-order valence-electron chi connectivity index (χ4n) is 3.36.